The van der Waals surface area contributed by atoms with Gasteiger partial charge in [-0.2, -0.15) is 0 Å². The van der Waals surface area contributed by atoms with Crippen LogP contribution in [0.4, 0.5) is 0 Å². The predicted octanol–water partition coefficient (Wildman–Crippen LogP) is 3.78. The Morgan fingerprint density at radius 1 is 1.11 bits per heavy atom. The molecule has 0 heterocycles. The van der Waals surface area contributed by atoms with Crippen molar-refractivity contribution in [1.82, 2.24) is 10.0 Å². The topological polar surface area (TPSA) is 84.5 Å². The van der Waals surface area contributed by atoms with E-state index in [2.05, 4.69) is 26.0 Å². The second-order valence-electron chi connectivity index (χ2n) is 6.35. The van der Waals surface area contributed by atoms with E-state index in [-0.39, 0.29) is 23.5 Å². The first kappa shape index (κ1) is 22.4. The molecule has 1 amide bonds. The van der Waals surface area contributed by atoms with Crippen LogP contribution in [0.3, 0.4) is 0 Å². The first-order valence-electron chi connectivity index (χ1n) is 9.09. The third kappa shape index (κ3) is 6.92. The van der Waals surface area contributed by atoms with Gasteiger partial charge in [0.1, 0.15) is 5.75 Å². The molecule has 2 aromatic carbocycles. The van der Waals surface area contributed by atoms with E-state index in [1.54, 1.807) is 12.1 Å². The maximum atomic E-state index is 12.1. The molecule has 0 aliphatic rings. The third-order valence-electron chi connectivity index (χ3n) is 4.07. The lowest BCUT2D eigenvalue weighted by Crippen LogP contribution is -2.31. The summed E-state index contributed by atoms with van der Waals surface area (Å²) in [5.41, 5.74) is 0.988. The van der Waals surface area contributed by atoms with E-state index >= 15 is 0 Å². The highest BCUT2D eigenvalue weighted by Gasteiger charge is 2.14. The number of nitrogens with one attached hydrogen (secondary N) is 2. The Morgan fingerprint density at radius 3 is 2.36 bits per heavy atom. The molecule has 2 rings (SSSR count). The highest BCUT2D eigenvalue weighted by atomic mass is 79.9. The second kappa shape index (κ2) is 10.6. The molecule has 2 N–H and O–H groups in total. The molecule has 0 saturated carbocycles. The summed E-state index contributed by atoms with van der Waals surface area (Å²) in [5, 5.41) is 2.87. The van der Waals surface area contributed by atoms with E-state index in [0.717, 1.165) is 22.9 Å². The summed E-state index contributed by atoms with van der Waals surface area (Å²) in [7, 11) is -3.52. The molecular formula is C20H25BrN2O4S. The lowest BCUT2D eigenvalue weighted by Gasteiger charge is -2.15. The standard InChI is InChI=1S/C20H25BrN2O4S/c1-3-4-13-22-28(25,26)19-11-9-18(10-12-19)27-14-20(24)23-15(2)16-5-7-17(21)8-6-16/h5-12,15,22H,3-4,13-14H2,1-2H3,(H,23,24)/t15-/m0/s1. The van der Waals surface area contributed by atoms with E-state index in [1.807, 2.05) is 38.1 Å². The van der Waals surface area contributed by atoms with Crippen LogP contribution < -0.4 is 14.8 Å². The van der Waals surface area contributed by atoms with E-state index in [9.17, 15) is 13.2 Å². The van der Waals surface area contributed by atoms with E-state index < -0.39 is 10.0 Å². The summed E-state index contributed by atoms with van der Waals surface area (Å²) in [4.78, 5) is 12.3. The van der Waals surface area contributed by atoms with E-state index in [0.29, 0.717) is 12.3 Å². The summed E-state index contributed by atoms with van der Waals surface area (Å²) in [6, 6.07) is 13.6. The largest absolute Gasteiger partial charge is 0.484 e. The molecule has 0 unspecified atom stereocenters. The Morgan fingerprint density at radius 2 is 1.75 bits per heavy atom. The van der Waals surface area contributed by atoms with Crippen molar-refractivity contribution in [3.63, 3.8) is 0 Å². The van der Waals surface area contributed by atoms with Crippen molar-refractivity contribution in [1.29, 1.82) is 0 Å². The maximum Gasteiger partial charge on any atom is 0.258 e. The lowest BCUT2D eigenvalue weighted by atomic mass is 10.1. The number of hydrogen-bond donors (Lipinski definition) is 2. The summed E-state index contributed by atoms with van der Waals surface area (Å²) < 4.78 is 33.3. The predicted molar refractivity (Wildman–Crippen MR) is 113 cm³/mol. The molecule has 0 spiro atoms. The van der Waals surface area contributed by atoms with Crippen LogP contribution in [0.15, 0.2) is 57.9 Å². The Hall–Kier alpha value is -1.90. The van der Waals surface area contributed by atoms with Crippen molar-refractivity contribution in [2.75, 3.05) is 13.2 Å². The quantitative estimate of drug-likeness (QED) is 0.519. The molecule has 152 valence electrons. The molecule has 0 aliphatic carbocycles. The maximum absolute atomic E-state index is 12.1. The average molecular weight is 469 g/mol. The third-order valence-corrected chi connectivity index (χ3v) is 6.08. The molecule has 6 nitrogen and oxygen atoms in total. The number of amides is 1. The van der Waals surface area contributed by atoms with Gasteiger partial charge in [0.05, 0.1) is 10.9 Å². The number of benzene rings is 2. The van der Waals surface area contributed by atoms with Crippen LogP contribution in [-0.4, -0.2) is 27.5 Å². The Labute approximate surface area is 174 Å². The molecule has 2 aromatic rings. The molecule has 0 fully saturated rings. The van der Waals surface area contributed by atoms with Crippen LogP contribution in [0.5, 0.6) is 5.75 Å². The summed E-state index contributed by atoms with van der Waals surface area (Å²) in [6.07, 6.45) is 1.70. The summed E-state index contributed by atoms with van der Waals surface area (Å²) >= 11 is 3.38. The van der Waals surface area contributed by atoms with Crippen molar-refractivity contribution in [2.45, 2.75) is 37.6 Å². The molecule has 0 aliphatic heterocycles. The van der Waals surface area contributed by atoms with Gasteiger partial charge in [-0.1, -0.05) is 41.4 Å². The average Bonchev–Trinajstić information content (AvgIpc) is 2.67. The number of carbonyl (C=O) groups excluding carboxylic acids is 1. The zero-order chi connectivity index (χ0) is 20.6. The van der Waals surface area contributed by atoms with Gasteiger partial charge in [-0.05, 0) is 55.3 Å². The lowest BCUT2D eigenvalue weighted by molar-refractivity contribution is -0.123. The van der Waals surface area contributed by atoms with Gasteiger partial charge >= 0.3 is 0 Å². The zero-order valence-electron chi connectivity index (χ0n) is 15.9. The van der Waals surface area contributed by atoms with Gasteiger partial charge in [-0.3, -0.25) is 4.79 Å². The number of ether oxygens (including phenoxy) is 1. The van der Waals surface area contributed by atoms with Gasteiger partial charge in [0.25, 0.3) is 5.91 Å². The van der Waals surface area contributed by atoms with Gasteiger partial charge in [0.2, 0.25) is 10.0 Å². The van der Waals surface area contributed by atoms with Crippen LogP contribution in [0.25, 0.3) is 0 Å². The minimum absolute atomic E-state index is 0.147. The first-order chi connectivity index (χ1) is 13.3. The molecule has 0 aromatic heterocycles. The normalized spacial score (nSPS) is 12.4. The fourth-order valence-electron chi connectivity index (χ4n) is 2.45. The molecule has 28 heavy (non-hydrogen) atoms. The number of unbranched alkanes of at least 4 members (excludes halogenated alkanes) is 1. The fourth-order valence-corrected chi connectivity index (χ4v) is 3.79. The number of hydrogen-bond acceptors (Lipinski definition) is 4. The number of halogens is 1. The fraction of sp³-hybridized carbons (Fsp3) is 0.350. The number of carbonyl (C=O) groups is 1. The van der Waals surface area contributed by atoms with Crippen LogP contribution in [-0.2, 0) is 14.8 Å². The van der Waals surface area contributed by atoms with Gasteiger partial charge in [-0.15, -0.1) is 0 Å². The Bertz CT molecular complexity index is 868. The SMILES string of the molecule is CCCCNS(=O)(=O)c1ccc(OCC(=O)N[C@@H](C)c2ccc(Br)cc2)cc1. The molecule has 0 radical (unpaired) electrons. The Kier molecular flexibility index (Phi) is 8.47. The number of sulfonamides is 1. The van der Waals surface area contributed by atoms with Crippen molar-refractivity contribution in [3.8, 4) is 5.75 Å². The highest BCUT2D eigenvalue weighted by Crippen LogP contribution is 2.18. The smallest absolute Gasteiger partial charge is 0.258 e. The molecule has 0 saturated heterocycles. The van der Waals surface area contributed by atoms with Crippen molar-refractivity contribution in [3.05, 3.63) is 58.6 Å². The van der Waals surface area contributed by atoms with E-state index in [1.165, 1.54) is 12.1 Å². The zero-order valence-corrected chi connectivity index (χ0v) is 18.3. The van der Waals surface area contributed by atoms with Crippen LogP contribution in [0.1, 0.15) is 38.3 Å². The van der Waals surface area contributed by atoms with Gasteiger partial charge in [-0.25, -0.2) is 13.1 Å². The molecule has 0 bridgehead atoms. The molecule has 1 atom stereocenters. The van der Waals surface area contributed by atoms with Crippen LogP contribution in [0, 0.1) is 0 Å². The first-order valence-corrected chi connectivity index (χ1v) is 11.4. The summed E-state index contributed by atoms with van der Waals surface area (Å²) in [5.74, 6) is 0.173. The monoisotopic (exact) mass is 468 g/mol. The van der Waals surface area contributed by atoms with Gasteiger partial charge in [0, 0.05) is 11.0 Å². The second-order valence-corrected chi connectivity index (χ2v) is 9.03. The molecular weight excluding hydrogens is 444 g/mol. The van der Waals surface area contributed by atoms with Crippen LogP contribution >= 0.6 is 15.9 Å². The highest BCUT2D eigenvalue weighted by molar-refractivity contribution is 9.10. The molecule has 8 heteroatoms. The van der Waals surface area contributed by atoms with Crippen molar-refractivity contribution >= 4 is 31.9 Å². The minimum atomic E-state index is -3.52. The van der Waals surface area contributed by atoms with Crippen LogP contribution in [0.2, 0.25) is 0 Å². The van der Waals surface area contributed by atoms with Crippen molar-refractivity contribution in [2.24, 2.45) is 0 Å². The van der Waals surface area contributed by atoms with Crippen molar-refractivity contribution < 1.29 is 17.9 Å². The van der Waals surface area contributed by atoms with E-state index in [4.69, 9.17) is 4.74 Å². The summed E-state index contributed by atoms with van der Waals surface area (Å²) in [6.45, 7) is 4.15. The Balaban J connectivity index is 1.85. The van der Waals surface area contributed by atoms with Gasteiger partial charge in [0.15, 0.2) is 6.61 Å². The van der Waals surface area contributed by atoms with Gasteiger partial charge < -0.3 is 10.1 Å². The number of rotatable bonds is 10. The minimum Gasteiger partial charge on any atom is -0.484 e.